The summed E-state index contributed by atoms with van der Waals surface area (Å²) < 4.78 is 15.7. The van der Waals surface area contributed by atoms with Crippen LogP contribution in [0, 0.1) is 0 Å². The molecule has 0 unspecified atom stereocenters. The summed E-state index contributed by atoms with van der Waals surface area (Å²) in [6.07, 6.45) is 0. The molecule has 1 aromatic heterocycles. The largest absolute Gasteiger partial charge is 0.497 e. The molecule has 1 N–H and O–H groups in total. The maximum absolute atomic E-state index is 11.5. The first-order valence-corrected chi connectivity index (χ1v) is 7.03. The molecule has 0 fully saturated rings. The monoisotopic (exact) mass is 312 g/mol. The molecule has 0 saturated carbocycles. The van der Waals surface area contributed by atoms with Gasteiger partial charge in [0.05, 0.1) is 7.11 Å². The second-order valence-electron chi connectivity index (χ2n) is 4.91. The Morgan fingerprint density at radius 2 is 1.96 bits per heavy atom. The zero-order valence-corrected chi connectivity index (χ0v) is 12.8. The topological polar surface area (TPSA) is 73.6 Å². The maximum Gasteiger partial charge on any atom is 0.250 e. The molecular formula is C17H16N2O4. The molecule has 0 bridgehead atoms. The van der Waals surface area contributed by atoms with Crippen LogP contribution in [0.4, 0.5) is 5.69 Å². The number of nitrogens with one attached hydrogen (secondary N) is 1. The molecular weight excluding hydrogens is 296 g/mol. The van der Waals surface area contributed by atoms with Crippen LogP contribution < -0.4 is 10.1 Å². The van der Waals surface area contributed by atoms with Gasteiger partial charge in [-0.15, -0.1) is 0 Å². The lowest BCUT2D eigenvalue weighted by Gasteiger charge is -2.03. The molecule has 3 rings (SSSR count). The van der Waals surface area contributed by atoms with Gasteiger partial charge < -0.3 is 19.2 Å². The first kappa shape index (κ1) is 15.1. The average molecular weight is 312 g/mol. The molecule has 0 aliphatic carbocycles. The van der Waals surface area contributed by atoms with Crippen molar-refractivity contribution in [2.75, 3.05) is 26.1 Å². The minimum absolute atomic E-state index is 0.00550. The fraction of sp³-hybridized carbons (Fsp3) is 0.176. The van der Waals surface area contributed by atoms with Gasteiger partial charge in [-0.3, -0.25) is 4.79 Å². The molecule has 3 aromatic rings. The van der Waals surface area contributed by atoms with E-state index < -0.39 is 0 Å². The van der Waals surface area contributed by atoms with Crippen molar-refractivity contribution in [3.8, 4) is 17.2 Å². The van der Waals surface area contributed by atoms with Gasteiger partial charge in [0.1, 0.15) is 17.9 Å². The van der Waals surface area contributed by atoms with Crippen LogP contribution in [0.2, 0.25) is 0 Å². The Bertz CT molecular complexity index is 824. The standard InChI is InChI=1S/C17H16N2O4/c1-21-10-16(20)18-12-5-8-14-15(9-12)23-17(19-14)11-3-6-13(22-2)7-4-11/h3-9H,10H2,1-2H3,(H,18,20). The number of nitrogens with zero attached hydrogens (tertiary/aromatic N) is 1. The molecule has 0 spiro atoms. The first-order chi connectivity index (χ1) is 11.2. The highest BCUT2D eigenvalue weighted by atomic mass is 16.5. The zero-order valence-electron chi connectivity index (χ0n) is 12.8. The third kappa shape index (κ3) is 3.32. The average Bonchev–Trinajstić information content (AvgIpc) is 2.98. The zero-order chi connectivity index (χ0) is 16.2. The van der Waals surface area contributed by atoms with Crippen molar-refractivity contribution < 1.29 is 18.7 Å². The number of ether oxygens (including phenoxy) is 2. The van der Waals surface area contributed by atoms with Gasteiger partial charge >= 0.3 is 0 Å². The number of amides is 1. The van der Waals surface area contributed by atoms with E-state index in [-0.39, 0.29) is 12.5 Å². The van der Waals surface area contributed by atoms with Crippen LogP contribution in [0.15, 0.2) is 46.9 Å². The van der Waals surface area contributed by atoms with E-state index in [1.54, 1.807) is 25.3 Å². The van der Waals surface area contributed by atoms with Gasteiger partial charge in [-0.2, -0.15) is 0 Å². The number of rotatable bonds is 5. The third-order valence-electron chi connectivity index (χ3n) is 3.28. The summed E-state index contributed by atoms with van der Waals surface area (Å²) in [5, 5.41) is 2.73. The molecule has 0 saturated heterocycles. The van der Waals surface area contributed by atoms with E-state index in [1.807, 2.05) is 24.3 Å². The maximum atomic E-state index is 11.5. The van der Waals surface area contributed by atoms with Crippen LogP contribution in [-0.4, -0.2) is 31.7 Å². The van der Waals surface area contributed by atoms with Crippen molar-refractivity contribution in [3.05, 3.63) is 42.5 Å². The van der Waals surface area contributed by atoms with E-state index in [9.17, 15) is 4.79 Å². The first-order valence-electron chi connectivity index (χ1n) is 7.03. The lowest BCUT2D eigenvalue weighted by Crippen LogP contribution is -2.16. The molecule has 0 aliphatic rings. The van der Waals surface area contributed by atoms with Crippen LogP contribution in [0.25, 0.3) is 22.6 Å². The highest BCUT2D eigenvalue weighted by Crippen LogP contribution is 2.27. The van der Waals surface area contributed by atoms with Gasteiger partial charge in [-0.1, -0.05) is 0 Å². The number of carbonyl (C=O) groups excluding carboxylic acids is 1. The molecule has 6 nitrogen and oxygen atoms in total. The summed E-state index contributed by atoms with van der Waals surface area (Å²) >= 11 is 0. The Balaban J connectivity index is 1.87. The summed E-state index contributed by atoms with van der Waals surface area (Å²) in [6, 6.07) is 12.8. The van der Waals surface area contributed by atoms with Crippen molar-refractivity contribution in [2.24, 2.45) is 0 Å². The number of anilines is 1. The van der Waals surface area contributed by atoms with Gasteiger partial charge in [0.2, 0.25) is 11.8 Å². The lowest BCUT2D eigenvalue weighted by atomic mass is 10.2. The van der Waals surface area contributed by atoms with Crippen molar-refractivity contribution >= 4 is 22.7 Å². The number of fused-ring (bicyclic) bond motifs is 1. The lowest BCUT2D eigenvalue weighted by molar-refractivity contribution is -0.119. The van der Waals surface area contributed by atoms with E-state index in [2.05, 4.69) is 10.3 Å². The van der Waals surface area contributed by atoms with Gasteiger partial charge in [0.15, 0.2) is 5.58 Å². The summed E-state index contributed by atoms with van der Waals surface area (Å²) in [7, 11) is 3.09. The quantitative estimate of drug-likeness (QED) is 0.783. The minimum Gasteiger partial charge on any atom is -0.497 e. The van der Waals surface area contributed by atoms with E-state index in [0.29, 0.717) is 17.2 Å². The molecule has 6 heteroatoms. The molecule has 0 atom stereocenters. The second-order valence-corrected chi connectivity index (χ2v) is 4.91. The van der Waals surface area contributed by atoms with Gasteiger partial charge in [-0.05, 0) is 36.4 Å². The number of carbonyl (C=O) groups is 1. The number of methoxy groups -OCH3 is 2. The molecule has 0 radical (unpaired) electrons. The van der Waals surface area contributed by atoms with Crippen LogP contribution >= 0.6 is 0 Å². The van der Waals surface area contributed by atoms with Gasteiger partial charge in [-0.25, -0.2) is 4.98 Å². The Kier molecular flexibility index (Phi) is 4.25. The highest BCUT2D eigenvalue weighted by Gasteiger charge is 2.10. The number of oxazole rings is 1. The fourth-order valence-corrected chi connectivity index (χ4v) is 2.19. The molecule has 23 heavy (non-hydrogen) atoms. The Morgan fingerprint density at radius 3 is 2.65 bits per heavy atom. The number of hydrogen-bond donors (Lipinski definition) is 1. The molecule has 1 amide bonds. The number of aromatic nitrogens is 1. The molecule has 2 aromatic carbocycles. The summed E-state index contributed by atoms with van der Waals surface area (Å²) in [6.45, 7) is 0.00550. The molecule has 1 heterocycles. The van der Waals surface area contributed by atoms with E-state index in [0.717, 1.165) is 16.8 Å². The van der Waals surface area contributed by atoms with Crippen molar-refractivity contribution in [1.29, 1.82) is 0 Å². The third-order valence-corrected chi connectivity index (χ3v) is 3.28. The Labute approximate surface area is 133 Å². The predicted octanol–water partition coefficient (Wildman–Crippen LogP) is 3.09. The molecule has 0 aliphatic heterocycles. The summed E-state index contributed by atoms with van der Waals surface area (Å²) in [5.41, 5.74) is 2.82. The van der Waals surface area contributed by atoms with Crippen LogP contribution in [0.3, 0.4) is 0 Å². The SMILES string of the molecule is COCC(=O)Nc1ccc2nc(-c3ccc(OC)cc3)oc2c1. The van der Waals surface area contributed by atoms with E-state index in [1.165, 1.54) is 7.11 Å². The van der Waals surface area contributed by atoms with Gasteiger partial charge in [0, 0.05) is 24.4 Å². The van der Waals surface area contributed by atoms with Crippen LogP contribution in [0.1, 0.15) is 0 Å². The minimum atomic E-state index is -0.221. The smallest absolute Gasteiger partial charge is 0.250 e. The highest BCUT2D eigenvalue weighted by molar-refractivity contribution is 5.93. The van der Waals surface area contributed by atoms with Gasteiger partial charge in [0.25, 0.3) is 0 Å². The Morgan fingerprint density at radius 1 is 1.17 bits per heavy atom. The summed E-state index contributed by atoms with van der Waals surface area (Å²) in [5.74, 6) is 1.07. The Hall–Kier alpha value is -2.86. The van der Waals surface area contributed by atoms with E-state index >= 15 is 0 Å². The predicted molar refractivity (Wildman–Crippen MR) is 86.5 cm³/mol. The normalized spacial score (nSPS) is 10.7. The van der Waals surface area contributed by atoms with Crippen LogP contribution in [0.5, 0.6) is 5.75 Å². The summed E-state index contributed by atoms with van der Waals surface area (Å²) in [4.78, 5) is 16.0. The fourth-order valence-electron chi connectivity index (χ4n) is 2.19. The van der Waals surface area contributed by atoms with Crippen molar-refractivity contribution in [1.82, 2.24) is 4.98 Å². The molecule has 118 valence electrons. The number of benzene rings is 2. The van der Waals surface area contributed by atoms with Crippen LogP contribution in [-0.2, 0) is 9.53 Å². The van der Waals surface area contributed by atoms with Crippen molar-refractivity contribution in [3.63, 3.8) is 0 Å². The van der Waals surface area contributed by atoms with E-state index in [4.69, 9.17) is 13.9 Å². The number of hydrogen-bond acceptors (Lipinski definition) is 5. The second kappa shape index (κ2) is 6.50. The van der Waals surface area contributed by atoms with Crippen molar-refractivity contribution in [2.45, 2.75) is 0 Å².